The van der Waals surface area contributed by atoms with Gasteiger partial charge >= 0.3 is 6.09 Å². The first-order valence-corrected chi connectivity index (χ1v) is 8.32. The van der Waals surface area contributed by atoms with Crippen LogP contribution in [0.15, 0.2) is 30.5 Å². The lowest BCUT2D eigenvalue weighted by Crippen LogP contribution is -2.35. The van der Waals surface area contributed by atoms with Crippen molar-refractivity contribution in [1.82, 2.24) is 9.88 Å². The average Bonchev–Trinajstić information content (AvgIpc) is 2.90. The molecule has 1 unspecified atom stereocenters. The van der Waals surface area contributed by atoms with Crippen molar-refractivity contribution in [2.45, 2.75) is 52.1 Å². The molecule has 0 saturated heterocycles. The highest BCUT2D eigenvalue weighted by Gasteiger charge is 2.21. The Hall–Kier alpha value is -1.97. The summed E-state index contributed by atoms with van der Waals surface area (Å²) in [7, 11) is 1.80. The van der Waals surface area contributed by atoms with Gasteiger partial charge in [0.2, 0.25) is 0 Å². The van der Waals surface area contributed by atoms with Gasteiger partial charge < -0.3 is 14.6 Å². The van der Waals surface area contributed by atoms with Gasteiger partial charge in [-0.1, -0.05) is 25.1 Å². The molecule has 126 valence electrons. The molecule has 23 heavy (non-hydrogen) atoms. The molecule has 0 radical (unpaired) electrons. The van der Waals surface area contributed by atoms with E-state index in [-0.39, 0.29) is 6.09 Å². The lowest BCUT2D eigenvalue weighted by atomic mass is 9.93. The molecule has 1 aromatic carbocycles. The van der Waals surface area contributed by atoms with E-state index in [1.54, 1.807) is 11.9 Å². The maximum atomic E-state index is 12.1. The third kappa shape index (κ3) is 4.50. The number of aromatic nitrogens is 1. The second-order valence-corrected chi connectivity index (χ2v) is 7.09. The number of ether oxygens (including phenoxy) is 1. The summed E-state index contributed by atoms with van der Waals surface area (Å²) >= 11 is 0. The van der Waals surface area contributed by atoms with Crippen molar-refractivity contribution < 1.29 is 9.53 Å². The molecule has 2 aromatic rings. The molecular weight excluding hydrogens is 288 g/mol. The maximum Gasteiger partial charge on any atom is 0.410 e. The van der Waals surface area contributed by atoms with Gasteiger partial charge in [-0.15, -0.1) is 0 Å². The van der Waals surface area contributed by atoms with E-state index in [1.165, 1.54) is 16.5 Å². The molecule has 0 aliphatic carbocycles. The van der Waals surface area contributed by atoms with E-state index < -0.39 is 5.60 Å². The predicted molar refractivity (Wildman–Crippen MR) is 94.8 cm³/mol. The first kappa shape index (κ1) is 17.4. The fourth-order valence-electron chi connectivity index (χ4n) is 2.79. The maximum absolute atomic E-state index is 12.1. The van der Waals surface area contributed by atoms with Crippen LogP contribution < -0.4 is 0 Å². The molecule has 1 atom stereocenters. The highest BCUT2D eigenvalue weighted by molar-refractivity contribution is 5.83. The zero-order chi connectivity index (χ0) is 17.0. The summed E-state index contributed by atoms with van der Waals surface area (Å²) in [6.07, 6.45) is 3.82. The molecule has 1 N–H and O–H groups in total. The molecule has 4 heteroatoms. The first-order chi connectivity index (χ1) is 10.8. The van der Waals surface area contributed by atoms with E-state index in [1.807, 2.05) is 26.8 Å². The molecule has 0 bridgehead atoms. The third-order valence-electron chi connectivity index (χ3n) is 4.07. The number of nitrogens with zero attached hydrogens (tertiary/aromatic N) is 1. The first-order valence-electron chi connectivity index (χ1n) is 8.32. The van der Waals surface area contributed by atoms with Crippen molar-refractivity contribution in [2.24, 2.45) is 0 Å². The van der Waals surface area contributed by atoms with E-state index in [0.717, 1.165) is 12.8 Å². The van der Waals surface area contributed by atoms with Gasteiger partial charge in [-0.25, -0.2) is 4.79 Å². The Labute approximate surface area is 138 Å². The van der Waals surface area contributed by atoms with Crippen LogP contribution >= 0.6 is 0 Å². The van der Waals surface area contributed by atoms with Crippen molar-refractivity contribution in [3.8, 4) is 0 Å². The fourth-order valence-corrected chi connectivity index (χ4v) is 2.79. The molecule has 0 saturated carbocycles. The number of aromatic amines is 1. The SMILES string of the molecule is CCC(CCN(C)C(=O)OC(C)(C)C)c1c[nH]c2ccccc12. The number of carbonyl (C=O) groups is 1. The normalized spacial score (nSPS) is 13.1. The second kappa shape index (κ2) is 7.07. The second-order valence-electron chi connectivity index (χ2n) is 7.09. The summed E-state index contributed by atoms with van der Waals surface area (Å²) < 4.78 is 5.41. The van der Waals surface area contributed by atoms with Gasteiger partial charge in [0.1, 0.15) is 5.60 Å². The molecule has 2 rings (SSSR count). The number of benzene rings is 1. The average molecular weight is 316 g/mol. The van der Waals surface area contributed by atoms with Gasteiger partial charge in [0.15, 0.2) is 0 Å². The van der Waals surface area contributed by atoms with E-state index in [0.29, 0.717) is 12.5 Å². The fraction of sp³-hybridized carbons (Fsp3) is 0.526. The molecule has 1 aromatic heterocycles. The zero-order valence-electron chi connectivity index (χ0n) is 14.8. The Morgan fingerprint density at radius 2 is 2.00 bits per heavy atom. The highest BCUT2D eigenvalue weighted by atomic mass is 16.6. The molecule has 1 heterocycles. The van der Waals surface area contributed by atoms with E-state index in [2.05, 4.69) is 36.3 Å². The van der Waals surface area contributed by atoms with Crippen LogP contribution in [0.1, 0.15) is 52.0 Å². The van der Waals surface area contributed by atoms with Crippen LogP contribution in [-0.4, -0.2) is 35.2 Å². The minimum Gasteiger partial charge on any atom is -0.444 e. The molecular formula is C19H28N2O2. The summed E-state index contributed by atoms with van der Waals surface area (Å²) in [5, 5.41) is 1.28. The van der Waals surface area contributed by atoms with Gasteiger partial charge in [-0.2, -0.15) is 0 Å². The number of fused-ring (bicyclic) bond motifs is 1. The number of hydrogen-bond donors (Lipinski definition) is 1. The van der Waals surface area contributed by atoms with Crippen LogP contribution in [0, 0.1) is 0 Å². The smallest absolute Gasteiger partial charge is 0.410 e. The Morgan fingerprint density at radius 1 is 1.30 bits per heavy atom. The number of amides is 1. The van der Waals surface area contributed by atoms with Gasteiger partial charge in [0.05, 0.1) is 0 Å². The molecule has 0 aliphatic rings. The number of hydrogen-bond acceptors (Lipinski definition) is 2. The summed E-state index contributed by atoms with van der Waals surface area (Å²) in [5.41, 5.74) is 2.05. The van der Waals surface area contributed by atoms with Crippen molar-refractivity contribution in [3.05, 3.63) is 36.0 Å². The Balaban J connectivity index is 2.01. The van der Waals surface area contributed by atoms with Crippen molar-refractivity contribution in [1.29, 1.82) is 0 Å². The van der Waals surface area contributed by atoms with Crippen LogP contribution in [0.3, 0.4) is 0 Å². The molecule has 0 aliphatic heterocycles. The number of nitrogens with one attached hydrogen (secondary N) is 1. The van der Waals surface area contributed by atoms with Crippen molar-refractivity contribution in [2.75, 3.05) is 13.6 Å². The minimum atomic E-state index is -0.452. The van der Waals surface area contributed by atoms with Gasteiger partial charge in [-0.05, 0) is 51.2 Å². The van der Waals surface area contributed by atoms with Crippen molar-refractivity contribution >= 4 is 17.0 Å². The topological polar surface area (TPSA) is 45.3 Å². The Morgan fingerprint density at radius 3 is 2.65 bits per heavy atom. The molecule has 0 spiro atoms. The third-order valence-corrected chi connectivity index (χ3v) is 4.07. The van der Waals surface area contributed by atoms with Crippen LogP contribution in [0.4, 0.5) is 4.79 Å². The number of carbonyl (C=O) groups excluding carboxylic acids is 1. The number of H-pyrrole nitrogens is 1. The van der Waals surface area contributed by atoms with Crippen LogP contribution in [-0.2, 0) is 4.74 Å². The summed E-state index contributed by atoms with van der Waals surface area (Å²) in [4.78, 5) is 17.1. The van der Waals surface area contributed by atoms with Crippen LogP contribution in [0.2, 0.25) is 0 Å². The molecule has 1 amide bonds. The van der Waals surface area contributed by atoms with Gasteiger partial charge in [0.25, 0.3) is 0 Å². The van der Waals surface area contributed by atoms with Gasteiger partial charge in [0, 0.05) is 30.7 Å². The minimum absolute atomic E-state index is 0.258. The van der Waals surface area contributed by atoms with Gasteiger partial charge in [-0.3, -0.25) is 0 Å². The standard InChI is InChI=1S/C19H28N2O2/c1-6-14(11-12-21(5)18(22)23-19(2,3)4)16-13-20-17-10-8-7-9-15(16)17/h7-10,13-14,20H,6,11-12H2,1-5H3. The Kier molecular flexibility index (Phi) is 5.34. The summed E-state index contributed by atoms with van der Waals surface area (Å²) in [6.45, 7) is 8.55. The lowest BCUT2D eigenvalue weighted by Gasteiger charge is -2.25. The molecule has 0 fully saturated rings. The monoisotopic (exact) mass is 316 g/mol. The van der Waals surface area contributed by atoms with Crippen molar-refractivity contribution in [3.63, 3.8) is 0 Å². The number of para-hydroxylation sites is 1. The quantitative estimate of drug-likeness (QED) is 0.851. The van der Waals surface area contributed by atoms with Crippen LogP contribution in [0.25, 0.3) is 10.9 Å². The van der Waals surface area contributed by atoms with E-state index >= 15 is 0 Å². The number of rotatable bonds is 5. The highest BCUT2D eigenvalue weighted by Crippen LogP contribution is 2.30. The zero-order valence-corrected chi connectivity index (χ0v) is 14.8. The predicted octanol–water partition coefficient (Wildman–Crippen LogP) is 4.92. The van der Waals surface area contributed by atoms with E-state index in [4.69, 9.17) is 4.74 Å². The summed E-state index contributed by atoms with van der Waals surface area (Å²) in [5.74, 6) is 0.427. The molecule has 4 nitrogen and oxygen atoms in total. The van der Waals surface area contributed by atoms with Crippen LogP contribution in [0.5, 0.6) is 0 Å². The summed E-state index contributed by atoms with van der Waals surface area (Å²) in [6, 6.07) is 8.36. The largest absolute Gasteiger partial charge is 0.444 e. The lowest BCUT2D eigenvalue weighted by molar-refractivity contribution is 0.0294. The van der Waals surface area contributed by atoms with E-state index in [9.17, 15) is 4.79 Å². The Bertz CT molecular complexity index is 655.